The molecule has 0 bridgehead atoms. The number of hydrogen-bond donors (Lipinski definition) is 2. The van der Waals surface area contributed by atoms with E-state index in [0.717, 1.165) is 0 Å². The summed E-state index contributed by atoms with van der Waals surface area (Å²) < 4.78 is 5.67. The quantitative estimate of drug-likeness (QED) is 0.831. The zero-order valence-electron chi connectivity index (χ0n) is 10.9. The molecule has 0 aromatic carbocycles. The summed E-state index contributed by atoms with van der Waals surface area (Å²) in [7, 11) is 0. The Kier molecular flexibility index (Phi) is 4.42. The summed E-state index contributed by atoms with van der Waals surface area (Å²) in [6.45, 7) is 8.87. The molecule has 0 fully saturated rings. The van der Waals surface area contributed by atoms with Crippen LogP contribution in [0.4, 0.5) is 0 Å². The first kappa shape index (κ1) is 13.9. The Hall–Kier alpha value is -1.20. The van der Waals surface area contributed by atoms with Gasteiger partial charge in [0.1, 0.15) is 11.9 Å². The summed E-state index contributed by atoms with van der Waals surface area (Å²) >= 11 is 0. The van der Waals surface area contributed by atoms with Crippen LogP contribution in [0.5, 0.6) is 0 Å². The molecule has 0 aliphatic carbocycles. The Balaban J connectivity index is 3.18. The van der Waals surface area contributed by atoms with Gasteiger partial charge in [0.15, 0.2) is 0 Å². The van der Waals surface area contributed by atoms with E-state index in [4.69, 9.17) is 10.5 Å². The number of ether oxygens (including phenoxy) is 1. The molecular weight excluding hydrogens is 218 g/mol. The molecule has 1 heterocycles. The number of aromatic nitrogens is 2. The maximum absolute atomic E-state index is 11.5. The third kappa shape index (κ3) is 3.64. The molecular formula is C12H21N3O2. The highest BCUT2D eigenvalue weighted by molar-refractivity contribution is 5.06. The Bertz CT molecular complexity index is 420. The van der Waals surface area contributed by atoms with Crippen molar-refractivity contribution in [1.82, 2.24) is 9.97 Å². The fourth-order valence-electron chi connectivity index (χ4n) is 1.66. The summed E-state index contributed by atoms with van der Waals surface area (Å²) in [5.74, 6) is 0.548. The summed E-state index contributed by atoms with van der Waals surface area (Å²) in [6.07, 6.45) is -0.244. The van der Waals surface area contributed by atoms with Crippen molar-refractivity contribution in [3.05, 3.63) is 27.9 Å². The van der Waals surface area contributed by atoms with E-state index in [1.165, 1.54) is 6.07 Å². The fraction of sp³-hybridized carbons (Fsp3) is 0.667. The van der Waals surface area contributed by atoms with Crippen molar-refractivity contribution in [2.45, 2.75) is 40.3 Å². The van der Waals surface area contributed by atoms with Crippen molar-refractivity contribution < 1.29 is 4.74 Å². The summed E-state index contributed by atoms with van der Waals surface area (Å²) in [5.41, 5.74) is 5.77. The van der Waals surface area contributed by atoms with Crippen molar-refractivity contribution >= 4 is 0 Å². The zero-order valence-corrected chi connectivity index (χ0v) is 10.9. The van der Waals surface area contributed by atoms with Crippen molar-refractivity contribution in [1.29, 1.82) is 0 Å². The van der Waals surface area contributed by atoms with Gasteiger partial charge in [-0.05, 0) is 12.3 Å². The lowest BCUT2D eigenvalue weighted by Gasteiger charge is -2.29. The SMILES string of the molecule is CCOC(c1nc(CN)cc(=O)[nH]1)C(C)(C)C. The number of nitrogens with one attached hydrogen (secondary N) is 1. The van der Waals surface area contributed by atoms with Gasteiger partial charge in [0.05, 0.1) is 5.69 Å². The van der Waals surface area contributed by atoms with E-state index in [2.05, 4.69) is 9.97 Å². The molecule has 17 heavy (non-hydrogen) atoms. The van der Waals surface area contributed by atoms with Crippen LogP contribution in [0.1, 0.15) is 45.3 Å². The van der Waals surface area contributed by atoms with E-state index in [9.17, 15) is 4.79 Å². The second kappa shape index (κ2) is 5.42. The smallest absolute Gasteiger partial charge is 0.251 e. The first-order valence-corrected chi connectivity index (χ1v) is 5.80. The standard InChI is InChI=1S/C12H21N3O2/c1-5-17-10(12(2,3)4)11-14-8(7-13)6-9(16)15-11/h6,10H,5,7,13H2,1-4H3,(H,14,15,16). The van der Waals surface area contributed by atoms with Crippen molar-refractivity contribution in [3.8, 4) is 0 Å². The van der Waals surface area contributed by atoms with Crippen LogP contribution in [0, 0.1) is 5.41 Å². The predicted molar refractivity (Wildman–Crippen MR) is 66.6 cm³/mol. The summed E-state index contributed by atoms with van der Waals surface area (Å²) in [5, 5.41) is 0. The molecule has 96 valence electrons. The largest absolute Gasteiger partial charge is 0.370 e. The highest BCUT2D eigenvalue weighted by atomic mass is 16.5. The molecule has 0 radical (unpaired) electrons. The van der Waals surface area contributed by atoms with Crippen LogP contribution in [0.2, 0.25) is 0 Å². The van der Waals surface area contributed by atoms with Gasteiger partial charge < -0.3 is 15.5 Å². The highest BCUT2D eigenvalue weighted by Gasteiger charge is 2.29. The maximum Gasteiger partial charge on any atom is 0.251 e. The van der Waals surface area contributed by atoms with Gasteiger partial charge in [-0.2, -0.15) is 0 Å². The van der Waals surface area contributed by atoms with Gasteiger partial charge >= 0.3 is 0 Å². The van der Waals surface area contributed by atoms with Gasteiger partial charge in [-0.25, -0.2) is 4.98 Å². The monoisotopic (exact) mass is 239 g/mol. The molecule has 1 rings (SSSR count). The maximum atomic E-state index is 11.5. The van der Waals surface area contributed by atoms with Crippen LogP contribution in [-0.4, -0.2) is 16.6 Å². The van der Waals surface area contributed by atoms with E-state index < -0.39 is 0 Å². The number of hydrogen-bond acceptors (Lipinski definition) is 4. The molecule has 1 unspecified atom stereocenters. The highest BCUT2D eigenvalue weighted by Crippen LogP contribution is 2.33. The first-order valence-electron chi connectivity index (χ1n) is 5.80. The number of H-pyrrole nitrogens is 1. The zero-order chi connectivity index (χ0) is 13.1. The number of rotatable bonds is 4. The predicted octanol–water partition coefficient (Wildman–Crippen LogP) is 1.35. The van der Waals surface area contributed by atoms with Crippen molar-refractivity contribution in [3.63, 3.8) is 0 Å². The van der Waals surface area contributed by atoms with E-state index in [1.807, 2.05) is 27.7 Å². The molecule has 1 aromatic heterocycles. The van der Waals surface area contributed by atoms with Crippen LogP contribution >= 0.6 is 0 Å². The molecule has 3 N–H and O–H groups in total. The van der Waals surface area contributed by atoms with E-state index in [-0.39, 0.29) is 23.6 Å². The lowest BCUT2D eigenvalue weighted by atomic mass is 9.88. The van der Waals surface area contributed by atoms with Crippen LogP contribution in [0.3, 0.4) is 0 Å². The van der Waals surface area contributed by atoms with Crippen molar-refractivity contribution in [2.75, 3.05) is 6.61 Å². The Morgan fingerprint density at radius 3 is 2.65 bits per heavy atom. The minimum atomic E-state index is -0.244. The minimum absolute atomic E-state index is 0.140. The number of aromatic amines is 1. The fourth-order valence-corrected chi connectivity index (χ4v) is 1.66. The lowest BCUT2D eigenvalue weighted by Crippen LogP contribution is -2.27. The minimum Gasteiger partial charge on any atom is -0.370 e. The van der Waals surface area contributed by atoms with Crippen LogP contribution in [-0.2, 0) is 11.3 Å². The third-order valence-electron chi connectivity index (χ3n) is 2.39. The molecule has 5 nitrogen and oxygen atoms in total. The second-order valence-electron chi connectivity index (χ2n) is 5.03. The first-order chi connectivity index (χ1) is 7.88. The second-order valence-corrected chi connectivity index (χ2v) is 5.03. The molecule has 0 aliphatic heterocycles. The molecule has 5 heteroatoms. The van der Waals surface area contributed by atoms with E-state index in [0.29, 0.717) is 18.1 Å². The van der Waals surface area contributed by atoms with Crippen LogP contribution < -0.4 is 11.3 Å². The summed E-state index contributed by atoms with van der Waals surface area (Å²) in [4.78, 5) is 18.6. The van der Waals surface area contributed by atoms with E-state index in [1.54, 1.807) is 0 Å². The lowest BCUT2D eigenvalue weighted by molar-refractivity contribution is -0.0194. The molecule has 1 atom stereocenters. The van der Waals surface area contributed by atoms with Gasteiger partial charge in [0.25, 0.3) is 5.56 Å². The van der Waals surface area contributed by atoms with Crippen LogP contribution in [0.25, 0.3) is 0 Å². The average molecular weight is 239 g/mol. The Morgan fingerprint density at radius 1 is 1.53 bits per heavy atom. The molecule has 0 aliphatic rings. The normalized spacial score (nSPS) is 13.7. The van der Waals surface area contributed by atoms with Gasteiger partial charge in [0.2, 0.25) is 0 Å². The molecule has 0 saturated carbocycles. The number of nitrogens with zero attached hydrogens (tertiary/aromatic N) is 1. The Labute approximate surface area is 101 Å². The summed E-state index contributed by atoms with van der Waals surface area (Å²) in [6, 6.07) is 1.41. The third-order valence-corrected chi connectivity index (χ3v) is 2.39. The van der Waals surface area contributed by atoms with Gasteiger partial charge in [0, 0.05) is 19.2 Å². The molecule has 0 amide bonds. The van der Waals surface area contributed by atoms with E-state index >= 15 is 0 Å². The molecule has 1 aromatic rings. The van der Waals surface area contributed by atoms with Gasteiger partial charge in [-0.3, -0.25) is 4.79 Å². The number of nitrogens with two attached hydrogens (primary N) is 1. The topological polar surface area (TPSA) is 81.0 Å². The average Bonchev–Trinajstić information content (AvgIpc) is 2.23. The Morgan fingerprint density at radius 2 is 2.18 bits per heavy atom. The van der Waals surface area contributed by atoms with Gasteiger partial charge in [-0.1, -0.05) is 20.8 Å². The molecule has 0 spiro atoms. The van der Waals surface area contributed by atoms with Gasteiger partial charge in [-0.15, -0.1) is 0 Å². The van der Waals surface area contributed by atoms with Crippen LogP contribution in [0.15, 0.2) is 10.9 Å². The molecule has 0 saturated heterocycles. The van der Waals surface area contributed by atoms with Crippen molar-refractivity contribution in [2.24, 2.45) is 11.1 Å².